The number of ether oxygens (including phenoxy) is 3. The minimum atomic E-state index is -0.599. The Labute approximate surface area is 140 Å². The van der Waals surface area contributed by atoms with Crippen molar-refractivity contribution >= 4 is 5.78 Å². The lowest BCUT2D eigenvalue weighted by Crippen LogP contribution is -2.39. The van der Waals surface area contributed by atoms with Crippen LogP contribution in [0.2, 0.25) is 0 Å². The fraction of sp³-hybridized carbons (Fsp3) is 0.421. The molecule has 1 aliphatic heterocycles. The molecule has 2 atom stereocenters. The Bertz CT molecular complexity index is 682. The maximum atomic E-state index is 13.8. The van der Waals surface area contributed by atoms with E-state index in [1.165, 1.54) is 13.2 Å². The molecule has 4 nitrogen and oxygen atoms in total. The first-order chi connectivity index (χ1) is 11.6. The number of methoxy groups -OCH3 is 1. The molecule has 0 saturated carbocycles. The van der Waals surface area contributed by atoms with Crippen molar-refractivity contribution in [2.45, 2.75) is 31.3 Å². The minimum absolute atomic E-state index is 0.0570. The van der Waals surface area contributed by atoms with Crippen molar-refractivity contribution < 1.29 is 23.4 Å². The van der Waals surface area contributed by atoms with Crippen molar-refractivity contribution in [3.05, 3.63) is 54.1 Å². The maximum Gasteiger partial charge on any atom is 0.189 e. The second kappa shape index (κ2) is 6.77. The molecule has 1 fully saturated rings. The van der Waals surface area contributed by atoms with Crippen LogP contribution in [0.5, 0.6) is 5.75 Å². The van der Waals surface area contributed by atoms with E-state index in [9.17, 15) is 9.18 Å². The van der Waals surface area contributed by atoms with Crippen LogP contribution >= 0.6 is 0 Å². The lowest BCUT2D eigenvalue weighted by Gasteiger charge is -2.33. The Morgan fingerprint density at radius 2 is 2.33 bits per heavy atom. The summed E-state index contributed by atoms with van der Waals surface area (Å²) in [7, 11) is 1.44. The number of benzene rings is 1. The first kappa shape index (κ1) is 16.7. The average Bonchev–Trinajstić information content (AvgIpc) is 2.96. The Hall–Kier alpha value is -2.14. The van der Waals surface area contributed by atoms with E-state index in [1.807, 2.05) is 6.07 Å². The van der Waals surface area contributed by atoms with Crippen molar-refractivity contribution in [1.82, 2.24) is 0 Å². The van der Waals surface area contributed by atoms with Crippen LogP contribution in [0.3, 0.4) is 0 Å². The van der Waals surface area contributed by atoms with Crippen LogP contribution in [0, 0.1) is 11.7 Å². The quantitative estimate of drug-likeness (QED) is 0.747. The molecule has 0 bridgehead atoms. The van der Waals surface area contributed by atoms with Gasteiger partial charge in [-0.25, -0.2) is 4.39 Å². The largest absolute Gasteiger partial charge is 0.494 e. The van der Waals surface area contributed by atoms with Gasteiger partial charge in [-0.05, 0) is 43.4 Å². The molecule has 2 aliphatic rings. The van der Waals surface area contributed by atoms with Gasteiger partial charge in [-0.3, -0.25) is 4.79 Å². The van der Waals surface area contributed by atoms with Gasteiger partial charge in [0.1, 0.15) is 11.4 Å². The number of allylic oxidation sites excluding steroid dienone is 2. The minimum Gasteiger partial charge on any atom is -0.494 e. The van der Waals surface area contributed by atoms with Crippen molar-refractivity contribution in [3.8, 4) is 5.75 Å². The Kier molecular flexibility index (Phi) is 4.71. The molecular formula is C19H21FO4. The zero-order valence-electron chi connectivity index (χ0n) is 13.7. The molecule has 24 heavy (non-hydrogen) atoms. The summed E-state index contributed by atoms with van der Waals surface area (Å²) in [6.07, 6.45) is 5.75. The number of hydrogen-bond donors (Lipinski definition) is 0. The molecule has 1 saturated heterocycles. The lowest BCUT2D eigenvalue weighted by molar-refractivity contribution is -0.121. The van der Waals surface area contributed by atoms with Gasteiger partial charge in [0.2, 0.25) is 0 Å². The third kappa shape index (κ3) is 3.08. The van der Waals surface area contributed by atoms with Gasteiger partial charge in [0.15, 0.2) is 24.1 Å². The second-order valence-electron chi connectivity index (χ2n) is 6.21. The van der Waals surface area contributed by atoms with E-state index < -0.39 is 5.60 Å². The molecule has 0 radical (unpaired) electrons. The molecule has 1 aromatic carbocycles. The van der Waals surface area contributed by atoms with E-state index in [-0.39, 0.29) is 30.1 Å². The fourth-order valence-corrected chi connectivity index (χ4v) is 3.40. The van der Waals surface area contributed by atoms with Crippen molar-refractivity contribution in [2.24, 2.45) is 5.92 Å². The van der Waals surface area contributed by atoms with Crippen LogP contribution in [0.15, 0.2) is 42.7 Å². The monoisotopic (exact) mass is 332 g/mol. The van der Waals surface area contributed by atoms with Gasteiger partial charge in [0.25, 0.3) is 0 Å². The maximum absolute atomic E-state index is 13.8. The molecular weight excluding hydrogens is 311 g/mol. The molecule has 3 rings (SSSR count). The third-order valence-electron chi connectivity index (χ3n) is 4.74. The number of carbonyl (C=O) groups is 1. The van der Waals surface area contributed by atoms with Gasteiger partial charge >= 0.3 is 0 Å². The summed E-state index contributed by atoms with van der Waals surface area (Å²) in [4.78, 5) is 12.1. The highest BCUT2D eigenvalue weighted by Crippen LogP contribution is 2.43. The topological polar surface area (TPSA) is 44.8 Å². The van der Waals surface area contributed by atoms with E-state index in [0.717, 1.165) is 5.56 Å². The first-order valence-corrected chi connectivity index (χ1v) is 8.04. The van der Waals surface area contributed by atoms with Crippen molar-refractivity contribution in [3.63, 3.8) is 0 Å². The van der Waals surface area contributed by atoms with E-state index in [4.69, 9.17) is 14.2 Å². The summed E-state index contributed by atoms with van der Waals surface area (Å²) in [5.74, 6) is 0.367. The number of hydrogen-bond acceptors (Lipinski definition) is 4. The summed E-state index contributed by atoms with van der Waals surface area (Å²) in [5.41, 5.74) is 0.257. The molecule has 0 unspecified atom stereocenters. The van der Waals surface area contributed by atoms with Gasteiger partial charge in [0.05, 0.1) is 7.11 Å². The van der Waals surface area contributed by atoms with E-state index in [2.05, 4.69) is 6.58 Å². The molecule has 0 N–H and O–H groups in total. The predicted molar refractivity (Wildman–Crippen MR) is 87.1 cm³/mol. The lowest BCUT2D eigenvalue weighted by atomic mass is 9.76. The average molecular weight is 332 g/mol. The van der Waals surface area contributed by atoms with Crippen molar-refractivity contribution in [2.75, 3.05) is 13.9 Å². The van der Waals surface area contributed by atoms with Crippen molar-refractivity contribution in [1.29, 1.82) is 0 Å². The summed E-state index contributed by atoms with van der Waals surface area (Å²) in [5, 5.41) is 0. The van der Waals surface area contributed by atoms with E-state index in [1.54, 1.807) is 18.2 Å². The van der Waals surface area contributed by atoms with Gasteiger partial charge in [-0.1, -0.05) is 12.1 Å². The predicted octanol–water partition coefficient (Wildman–Crippen LogP) is 3.56. The third-order valence-corrected chi connectivity index (χ3v) is 4.74. The first-order valence-electron chi connectivity index (χ1n) is 8.04. The van der Waals surface area contributed by atoms with Gasteiger partial charge < -0.3 is 14.2 Å². The van der Waals surface area contributed by atoms with Gasteiger partial charge in [-0.15, -0.1) is 6.58 Å². The fourth-order valence-electron chi connectivity index (χ4n) is 3.40. The van der Waals surface area contributed by atoms with Crippen LogP contribution in [0.4, 0.5) is 4.39 Å². The summed E-state index contributed by atoms with van der Waals surface area (Å²) in [6.45, 7) is 3.87. The van der Waals surface area contributed by atoms with E-state index in [0.29, 0.717) is 31.4 Å². The second-order valence-corrected chi connectivity index (χ2v) is 6.21. The normalized spacial score (nSPS) is 25.7. The number of aryl methyl sites for hydroxylation is 1. The number of rotatable bonds is 6. The zero-order chi connectivity index (χ0) is 17.2. The highest BCUT2D eigenvalue weighted by molar-refractivity contribution is 5.93. The smallest absolute Gasteiger partial charge is 0.189 e. The Balaban J connectivity index is 1.77. The molecule has 1 heterocycles. The number of carbonyl (C=O) groups excluding carboxylic acids is 1. The molecule has 1 aliphatic carbocycles. The summed E-state index contributed by atoms with van der Waals surface area (Å²) >= 11 is 0. The van der Waals surface area contributed by atoms with Gasteiger partial charge in [-0.2, -0.15) is 0 Å². The van der Waals surface area contributed by atoms with Gasteiger partial charge in [0, 0.05) is 12.0 Å². The van der Waals surface area contributed by atoms with Crippen LogP contribution < -0.4 is 4.74 Å². The highest BCUT2D eigenvalue weighted by atomic mass is 19.1. The molecule has 0 amide bonds. The van der Waals surface area contributed by atoms with Crippen LogP contribution in [-0.4, -0.2) is 25.3 Å². The Morgan fingerprint density at radius 1 is 1.50 bits per heavy atom. The SMILES string of the molecule is C=CC[C@H]1C[C@]2(CCc3ccc(OC)c(F)c3)OCOC2=CC1=O. The number of halogens is 1. The van der Waals surface area contributed by atoms with E-state index >= 15 is 0 Å². The number of fused-ring (bicyclic) bond motifs is 1. The van der Waals surface area contributed by atoms with Crippen LogP contribution in [-0.2, 0) is 20.7 Å². The summed E-state index contributed by atoms with van der Waals surface area (Å²) < 4.78 is 30.2. The molecule has 128 valence electrons. The molecule has 5 heteroatoms. The zero-order valence-corrected chi connectivity index (χ0v) is 13.7. The molecule has 0 aromatic heterocycles. The standard InChI is InChI=1S/C19H21FO4/c1-3-4-14-11-19(18(10-16(14)21)23-12-24-19)8-7-13-5-6-17(22-2)15(20)9-13/h3,5-6,9-10,14H,1,4,7-8,11-12H2,2H3/t14-,19-/m0/s1. The van der Waals surface area contributed by atoms with Crippen LogP contribution in [0.25, 0.3) is 0 Å². The van der Waals surface area contributed by atoms with Crippen LogP contribution in [0.1, 0.15) is 24.8 Å². The number of ketones is 1. The highest BCUT2D eigenvalue weighted by Gasteiger charge is 2.47. The Morgan fingerprint density at radius 3 is 3.04 bits per heavy atom. The summed E-state index contributed by atoms with van der Waals surface area (Å²) in [6, 6.07) is 4.94. The molecule has 1 aromatic rings. The molecule has 0 spiro atoms.